The highest BCUT2D eigenvalue weighted by Crippen LogP contribution is 2.21. The first kappa shape index (κ1) is 11.2. The fourth-order valence-corrected chi connectivity index (χ4v) is 1.36. The van der Waals surface area contributed by atoms with Gasteiger partial charge in [-0.05, 0) is 18.1 Å². The molecule has 0 saturated heterocycles. The Morgan fingerprint density at radius 1 is 1.47 bits per heavy atom. The van der Waals surface area contributed by atoms with E-state index >= 15 is 0 Å². The quantitative estimate of drug-likeness (QED) is 0.415. The molecule has 1 rings (SSSR count). The predicted octanol–water partition coefficient (Wildman–Crippen LogP) is 3.28. The standard InChI is InChI=1S/C13H13NO/c1-3-4-7-12-8-5-6-9-13(12)11(2)14-10-15/h3-9,11H,1H2,2H3/b7-4-. The molecule has 0 aromatic heterocycles. The Morgan fingerprint density at radius 2 is 2.20 bits per heavy atom. The molecular formula is C13H13NO. The second kappa shape index (κ2) is 5.74. The fraction of sp³-hybridized carbons (Fsp3) is 0.154. The van der Waals surface area contributed by atoms with Crippen molar-refractivity contribution in [2.45, 2.75) is 13.0 Å². The average Bonchev–Trinajstić information content (AvgIpc) is 2.27. The third-order valence-corrected chi connectivity index (χ3v) is 2.10. The van der Waals surface area contributed by atoms with E-state index < -0.39 is 0 Å². The van der Waals surface area contributed by atoms with Crippen molar-refractivity contribution in [1.29, 1.82) is 0 Å². The van der Waals surface area contributed by atoms with E-state index in [4.69, 9.17) is 0 Å². The summed E-state index contributed by atoms with van der Waals surface area (Å²) in [5.74, 6) is 0. The lowest BCUT2D eigenvalue weighted by molar-refractivity contribution is 0.559. The van der Waals surface area contributed by atoms with Gasteiger partial charge in [-0.2, -0.15) is 4.99 Å². The van der Waals surface area contributed by atoms with Crippen molar-refractivity contribution in [3.8, 4) is 0 Å². The molecule has 2 heteroatoms. The number of carbonyl (C=O) groups excluding carboxylic acids is 1. The van der Waals surface area contributed by atoms with Crippen molar-refractivity contribution in [3.63, 3.8) is 0 Å². The zero-order valence-electron chi connectivity index (χ0n) is 8.68. The van der Waals surface area contributed by atoms with Crippen LogP contribution in [0.25, 0.3) is 6.08 Å². The van der Waals surface area contributed by atoms with Gasteiger partial charge >= 0.3 is 0 Å². The number of isocyanates is 1. The molecule has 0 fully saturated rings. The van der Waals surface area contributed by atoms with Crippen molar-refractivity contribution in [2.75, 3.05) is 0 Å². The van der Waals surface area contributed by atoms with E-state index in [0.717, 1.165) is 11.1 Å². The number of nitrogens with zero attached hydrogens (tertiary/aromatic N) is 1. The van der Waals surface area contributed by atoms with E-state index in [9.17, 15) is 4.79 Å². The predicted molar refractivity (Wildman–Crippen MR) is 62.2 cm³/mol. The summed E-state index contributed by atoms with van der Waals surface area (Å²) in [6.45, 7) is 5.48. The number of hydrogen-bond donors (Lipinski definition) is 0. The number of allylic oxidation sites excluding steroid dienone is 2. The summed E-state index contributed by atoms with van der Waals surface area (Å²) in [6, 6.07) is 7.65. The lowest BCUT2D eigenvalue weighted by atomic mass is 10.0. The molecule has 15 heavy (non-hydrogen) atoms. The molecule has 1 unspecified atom stereocenters. The Kier molecular flexibility index (Phi) is 4.27. The van der Waals surface area contributed by atoms with Gasteiger partial charge in [-0.25, -0.2) is 4.79 Å². The summed E-state index contributed by atoms with van der Waals surface area (Å²) >= 11 is 0. The van der Waals surface area contributed by atoms with Gasteiger partial charge in [-0.3, -0.25) is 0 Å². The monoisotopic (exact) mass is 199 g/mol. The van der Waals surface area contributed by atoms with Crippen molar-refractivity contribution in [1.82, 2.24) is 0 Å². The molecule has 0 radical (unpaired) electrons. The van der Waals surface area contributed by atoms with Crippen LogP contribution in [0.3, 0.4) is 0 Å². The van der Waals surface area contributed by atoms with Crippen LogP contribution < -0.4 is 0 Å². The minimum atomic E-state index is -0.159. The molecule has 0 heterocycles. The van der Waals surface area contributed by atoms with E-state index in [0.29, 0.717) is 0 Å². The van der Waals surface area contributed by atoms with Gasteiger partial charge in [0.2, 0.25) is 6.08 Å². The van der Waals surface area contributed by atoms with Crippen LogP contribution in [-0.2, 0) is 4.79 Å². The van der Waals surface area contributed by atoms with Gasteiger partial charge in [0.1, 0.15) is 0 Å². The van der Waals surface area contributed by atoms with E-state index in [1.54, 1.807) is 12.2 Å². The third-order valence-electron chi connectivity index (χ3n) is 2.10. The molecule has 0 aliphatic carbocycles. The molecule has 76 valence electrons. The molecule has 1 aromatic carbocycles. The van der Waals surface area contributed by atoms with Crippen LogP contribution in [0.15, 0.2) is 48.0 Å². The Labute approximate surface area is 89.7 Å². The second-order valence-electron chi connectivity index (χ2n) is 3.12. The largest absolute Gasteiger partial charge is 0.235 e. The molecule has 0 spiro atoms. The van der Waals surface area contributed by atoms with Gasteiger partial charge in [-0.15, -0.1) is 0 Å². The molecule has 0 aliphatic heterocycles. The van der Waals surface area contributed by atoms with Crippen LogP contribution in [0, 0.1) is 0 Å². The van der Waals surface area contributed by atoms with Crippen LogP contribution >= 0.6 is 0 Å². The van der Waals surface area contributed by atoms with Crippen molar-refractivity contribution < 1.29 is 4.79 Å². The Bertz CT molecular complexity index is 414. The number of benzene rings is 1. The summed E-state index contributed by atoms with van der Waals surface area (Å²) in [4.78, 5) is 13.9. The van der Waals surface area contributed by atoms with Gasteiger partial charge < -0.3 is 0 Å². The lowest BCUT2D eigenvalue weighted by Gasteiger charge is -2.08. The van der Waals surface area contributed by atoms with Crippen LogP contribution in [0.5, 0.6) is 0 Å². The van der Waals surface area contributed by atoms with E-state index in [-0.39, 0.29) is 6.04 Å². The van der Waals surface area contributed by atoms with E-state index in [1.165, 1.54) is 0 Å². The average molecular weight is 199 g/mol. The van der Waals surface area contributed by atoms with Crippen LogP contribution in [0.2, 0.25) is 0 Å². The number of rotatable bonds is 4. The van der Waals surface area contributed by atoms with Crippen molar-refractivity contribution in [3.05, 3.63) is 54.1 Å². The molecule has 0 N–H and O–H groups in total. The summed E-state index contributed by atoms with van der Waals surface area (Å²) in [7, 11) is 0. The first-order chi connectivity index (χ1) is 7.29. The molecule has 0 amide bonds. The number of aliphatic imine (C=N–C) groups is 1. The smallest absolute Gasteiger partial charge is 0.211 e. The van der Waals surface area contributed by atoms with Crippen LogP contribution in [0.4, 0.5) is 0 Å². The van der Waals surface area contributed by atoms with Crippen molar-refractivity contribution in [2.24, 2.45) is 4.99 Å². The maximum Gasteiger partial charge on any atom is 0.235 e. The highest BCUT2D eigenvalue weighted by atomic mass is 16.1. The Hall–Kier alpha value is -1.92. The SMILES string of the molecule is C=C/C=C\c1ccccc1C(C)N=C=O. The first-order valence-electron chi connectivity index (χ1n) is 4.74. The second-order valence-corrected chi connectivity index (χ2v) is 3.12. The van der Waals surface area contributed by atoms with Gasteiger partial charge in [0, 0.05) is 0 Å². The molecule has 1 atom stereocenters. The first-order valence-corrected chi connectivity index (χ1v) is 4.74. The highest BCUT2D eigenvalue weighted by molar-refractivity contribution is 5.56. The topological polar surface area (TPSA) is 29.4 Å². The lowest BCUT2D eigenvalue weighted by Crippen LogP contribution is -1.92. The molecule has 2 nitrogen and oxygen atoms in total. The zero-order valence-corrected chi connectivity index (χ0v) is 8.68. The minimum absolute atomic E-state index is 0.159. The van der Waals surface area contributed by atoms with Crippen LogP contribution in [0.1, 0.15) is 24.1 Å². The normalized spacial score (nSPS) is 12.1. The maximum atomic E-state index is 10.2. The fourth-order valence-electron chi connectivity index (χ4n) is 1.36. The van der Waals surface area contributed by atoms with E-state index in [2.05, 4.69) is 11.6 Å². The molecule has 0 saturated carbocycles. The zero-order chi connectivity index (χ0) is 11.1. The summed E-state index contributed by atoms with van der Waals surface area (Å²) in [5.41, 5.74) is 2.06. The summed E-state index contributed by atoms with van der Waals surface area (Å²) in [5, 5.41) is 0. The Morgan fingerprint density at radius 3 is 2.87 bits per heavy atom. The van der Waals surface area contributed by atoms with Gasteiger partial charge in [0.05, 0.1) is 6.04 Å². The minimum Gasteiger partial charge on any atom is -0.211 e. The maximum absolute atomic E-state index is 10.2. The molecule has 0 aliphatic rings. The number of hydrogen-bond acceptors (Lipinski definition) is 2. The molecular weight excluding hydrogens is 186 g/mol. The summed E-state index contributed by atoms with van der Waals surface area (Å²) < 4.78 is 0. The van der Waals surface area contributed by atoms with Gasteiger partial charge in [0.15, 0.2) is 0 Å². The Balaban J connectivity index is 3.10. The van der Waals surface area contributed by atoms with Crippen molar-refractivity contribution >= 4 is 12.2 Å². The summed E-state index contributed by atoms with van der Waals surface area (Å²) in [6.07, 6.45) is 7.09. The van der Waals surface area contributed by atoms with Gasteiger partial charge in [-0.1, -0.05) is 49.1 Å². The van der Waals surface area contributed by atoms with Crippen LogP contribution in [-0.4, -0.2) is 6.08 Å². The molecule has 1 aromatic rings. The van der Waals surface area contributed by atoms with Gasteiger partial charge in [0.25, 0.3) is 0 Å². The highest BCUT2D eigenvalue weighted by Gasteiger charge is 2.06. The molecule has 0 bridgehead atoms. The van der Waals surface area contributed by atoms with E-state index in [1.807, 2.05) is 43.3 Å². The third kappa shape index (κ3) is 3.04.